The van der Waals surface area contributed by atoms with E-state index in [1.165, 1.54) is 12.1 Å². The fraction of sp³-hybridized carbons (Fsp3) is 0.333. The number of hydrogen-bond acceptors (Lipinski definition) is 5. The predicted octanol–water partition coefficient (Wildman–Crippen LogP) is 0.967. The number of nitrogen functional groups attached to an aromatic ring is 1. The van der Waals surface area contributed by atoms with Crippen molar-refractivity contribution in [3.8, 4) is 0 Å². The number of anilines is 2. The molecule has 1 atom stereocenters. The Morgan fingerprint density at radius 1 is 1.56 bits per heavy atom. The van der Waals surface area contributed by atoms with Crippen LogP contribution in [0, 0.1) is 10.1 Å². The van der Waals surface area contributed by atoms with Crippen molar-refractivity contribution in [1.82, 2.24) is 0 Å². The number of benzene rings is 1. The lowest BCUT2D eigenvalue weighted by Crippen LogP contribution is -2.10. The second kappa shape index (κ2) is 5.45. The van der Waals surface area contributed by atoms with Crippen LogP contribution in [-0.4, -0.2) is 27.7 Å². The van der Waals surface area contributed by atoms with Gasteiger partial charge in [-0.05, 0) is 12.1 Å². The summed E-state index contributed by atoms with van der Waals surface area (Å²) >= 11 is 0. The fourth-order valence-corrected chi connectivity index (χ4v) is 1.56. The molecule has 0 bridgehead atoms. The second-order valence-electron chi connectivity index (χ2n) is 3.23. The van der Waals surface area contributed by atoms with E-state index in [1.807, 2.05) is 0 Å². The summed E-state index contributed by atoms with van der Waals surface area (Å²) in [5, 5.41) is 13.5. The summed E-state index contributed by atoms with van der Waals surface area (Å²) < 4.78 is 10.8. The largest absolute Gasteiger partial charge is 0.393 e. The van der Waals surface area contributed by atoms with Crippen molar-refractivity contribution in [1.29, 1.82) is 0 Å². The maximum absolute atomic E-state index is 10.8. The van der Waals surface area contributed by atoms with Gasteiger partial charge in [0.2, 0.25) is 0 Å². The number of nitro benzene ring substituents is 1. The molecule has 0 amide bonds. The first kappa shape index (κ1) is 12.4. The first-order valence-electron chi connectivity index (χ1n) is 4.58. The molecule has 0 radical (unpaired) electrons. The van der Waals surface area contributed by atoms with Gasteiger partial charge in [-0.3, -0.25) is 14.3 Å². The predicted molar refractivity (Wildman–Crippen MR) is 64.9 cm³/mol. The first-order valence-corrected chi connectivity index (χ1v) is 6.31. The van der Waals surface area contributed by atoms with E-state index in [2.05, 4.69) is 5.32 Å². The quantitative estimate of drug-likeness (QED) is 0.456. The lowest BCUT2D eigenvalue weighted by atomic mass is 10.2. The Kier molecular flexibility index (Phi) is 4.24. The Hall–Kier alpha value is -1.63. The van der Waals surface area contributed by atoms with Crippen LogP contribution in [0.2, 0.25) is 0 Å². The van der Waals surface area contributed by atoms with Crippen LogP contribution in [0.3, 0.4) is 0 Å². The summed E-state index contributed by atoms with van der Waals surface area (Å²) in [4.78, 5) is 9.97. The number of hydrogen-bond donors (Lipinski definition) is 2. The molecule has 0 saturated carbocycles. The van der Waals surface area contributed by atoms with Gasteiger partial charge in [0, 0.05) is 41.1 Å². The van der Waals surface area contributed by atoms with Crippen molar-refractivity contribution in [2.24, 2.45) is 0 Å². The molecule has 0 saturated heterocycles. The Bertz CT molecular complexity index is 422. The molecule has 6 nitrogen and oxygen atoms in total. The Labute approximate surface area is 95.4 Å². The first-order chi connectivity index (χ1) is 7.50. The highest BCUT2D eigenvalue weighted by molar-refractivity contribution is 7.84. The number of nitrogens with zero attached hydrogens (tertiary/aromatic N) is 1. The van der Waals surface area contributed by atoms with Gasteiger partial charge in [0.05, 0.1) is 4.92 Å². The van der Waals surface area contributed by atoms with E-state index in [0.717, 1.165) is 0 Å². The molecule has 7 heteroatoms. The summed E-state index contributed by atoms with van der Waals surface area (Å²) in [6, 6.07) is 4.42. The number of nitrogens with two attached hydrogens (primary N) is 1. The fourth-order valence-electron chi connectivity index (χ4n) is 1.17. The van der Waals surface area contributed by atoms with Gasteiger partial charge in [-0.15, -0.1) is 0 Å². The van der Waals surface area contributed by atoms with Crippen molar-refractivity contribution < 1.29 is 9.13 Å². The van der Waals surface area contributed by atoms with Crippen LogP contribution < -0.4 is 11.1 Å². The van der Waals surface area contributed by atoms with Gasteiger partial charge in [-0.2, -0.15) is 0 Å². The van der Waals surface area contributed by atoms with Crippen LogP contribution in [-0.2, 0) is 10.8 Å². The molecule has 0 aromatic heterocycles. The molecular weight excluding hydrogens is 230 g/mol. The summed E-state index contributed by atoms with van der Waals surface area (Å²) in [7, 11) is -0.858. The van der Waals surface area contributed by atoms with E-state index < -0.39 is 15.7 Å². The highest BCUT2D eigenvalue weighted by Crippen LogP contribution is 2.24. The average Bonchev–Trinajstić information content (AvgIpc) is 2.16. The zero-order chi connectivity index (χ0) is 12.1. The molecule has 0 aliphatic heterocycles. The summed E-state index contributed by atoms with van der Waals surface area (Å²) in [6.45, 7) is 0.542. The highest BCUT2D eigenvalue weighted by atomic mass is 32.2. The summed E-state index contributed by atoms with van der Waals surface area (Å²) in [5.41, 5.74) is 6.21. The van der Waals surface area contributed by atoms with Crippen molar-refractivity contribution in [3.05, 3.63) is 28.3 Å². The van der Waals surface area contributed by atoms with E-state index in [0.29, 0.717) is 18.0 Å². The smallest absolute Gasteiger partial charge is 0.292 e. The van der Waals surface area contributed by atoms with E-state index >= 15 is 0 Å². The van der Waals surface area contributed by atoms with Gasteiger partial charge in [-0.25, -0.2) is 0 Å². The topological polar surface area (TPSA) is 98.3 Å². The van der Waals surface area contributed by atoms with Gasteiger partial charge in [0.25, 0.3) is 5.69 Å². The molecule has 1 aromatic carbocycles. The zero-order valence-corrected chi connectivity index (χ0v) is 9.62. The van der Waals surface area contributed by atoms with Crippen LogP contribution in [0.5, 0.6) is 0 Å². The molecule has 0 spiro atoms. The minimum atomic E-state index is -0.858. The Balaban J connectivity index is 2.66. The van der Waals surface area contributed by atoms with Crippen LogP contribution in [0.1, 0.15) is 0 Å². The van der Waals surface area contributed by atoms with E-state index in [1.54, 1.807) is 12.3 Å². The minimum Gasteiger partial charge on any atom is -0.393 e. The highest BCUT2D eigenvalue weighted by Gasteiger charge is 2.10. The molecule has 0 aliphatic carbocycles. The van der Waals surface area contributed by atoms with Crippen LogP contribution in [0.25, 0.3) is 0 Å². The molecule has 3 N–H and O–H groups in total. The monoisotopic (exact) mass is 243 g/mol. The van der Waals surface area contributed by atoms with Gasteiger partial charge < -0.3 is 11.1 Å². The minimum absolute atomic E-state index is 0.107. The third-order valence-electron chi connectivity index (χ3n) is 1.94. The van der Waals surface area contributed by atoms with Crippen molar-refractivity contribution >= 4 is 27.9 Å². The van der Waals surface area contributed by atoms with Gasteiger partial charge >= 0.3 is 0 Å². The molecule has 1 aromatic rings. The second-order valence-corrected chi connectivity index (χ2v) is 4.79. The average molecular weight is 243 g/mol. The lowest BCUT2D eigenvalue weighted by molar-refractivity contribution is -0.383. The third-order valence-corrected chi connectivity index (χ3v) is 2.72. The molecule has 0 heterocycles. The number of nitro groups is 1. The van der Waals surface area contributed by atoms with Crippen molar-refractivity contribution in [2.45, 2.75) is 0 Å². The van der Waals surface area contributed by atoms with E-state index in [9.17, 15) is 14.3 Å². The molecule has 16 heavy (non-hydrogen) atoms. The van der Waals surface area contributed by atoms with Crippen molar-refractivity contribution in [2.75, 3.05) is 29.6 Å². The summed E-state index contributed by atoms with van der Waals surface area (Å²) in [5.74, 6) is 0.525. The SMILES string of the molecule is CS(=O)CCNc1ccc([N+](=O)[O-])c(N)c1. The van der Waals surface area contributed by atoms with E-state index in [-0.39, 0.29) is 11.4 Å². The van der Waals surface area contributed by atoms with Gasteiger partial charge in [0.15, 0.2) is 0 Å². The standard InChI is InChI=1S/C9H13N3O3S/c1-16(15)5-4-11-7-2-3-9(12(13)14)8(10)6-7/h2-3,6,11H,4-5,10H2,1H3. The van der Waals surface area contributed by atoms with Gasteiger partial charge in [0.1, 0.15) is 5.69 Å². The third kappa shape index (κ3) is 3.50. The van der Waals surface area contributed by atoms with Crippen LogP contribution in [0.15, 0.2) is 18.2 Å². The Morgan fingerprint density at radius 2 is 2.25 bits per heavy atom. The lowest BCUT2D eigenvalue weighted by Gasteiger charge is -2.06. The molecular formula is C9H13N3O3S. The van der Waals surface area contributed by atoms with Crippen molar-refractivity contribution in [3.63, 3.8) is 0 Å². The van der Waals surface area contributed by atoms with E-state index in [4.69, 9.17) is 5.73 Å². The zero-order valence-electron chi connectivity index (χ0n) is 8.80. The maximum Gasteiger partial charge on any atom is 0.292 e. The molecule has 0 fully saturated rings. The molecule has 0 aliphatic rings. The molecule has 1 rings (SSSR count). The summed E-state index contributed by atoms with van der Waals surface area (Å²) in [6.07, 6.45) is 1.62. The number of rotatable bonds is 5. The normalized spacial score (nSPS) is 12.1. The molecule has 88 valence electrons. The van der Waals surface area contributed by atoms with Gasteiger partial charge in [-0.1, -0.05) is 0 Å². The molecule has 1 unspecified atom stereocenters. The van der Waals surface area contributed by atoms with Crippen LogP contribution in [0.4, 0.5) is 17.1 Å². The number of nitrogens with one attached hydrogen (secondary N) is 1. The van der Waals surface area contributed by atoms with Crippen LogP contribution >= 0.6 is 0 Å². The maximum atomic E-state index is 10.8. The Morgan fingerprint density at radius 3 is 2.75 bits per heavy atom.